The number of ether oxygens (including phenoxy) is 1. The second-order valence-corrected chi connectivity index (χ2v) is 4.81. The van der Waals surface area contributed by atoms with Gasteiger partial charge in [0.15, 0.2) is 0 Å². The largest absolute Gasteiger partial charge is 0.469 e. The van der Waals surface area contributed by atoms with Crippen molar-refractivity contribution >= 4 is 5.97 Å². The summed E-state index contributed by atoms with van der Waals surface area (Å²) in [5.74, 6) is -0.157. The molecular weight excluding hydrogens is 190 g/mol. The Kier molecular flexibility index (Phi) is 4.58. The first-order valence-corrected chi connectivity index (χ1v) is 5.92. The Balaban J connectivity index is 2.13. The predicted octanol–water partition coefficient (Wildman–Crippen LogP) is 1.97. The lowest BCUT2D eigenvalue weighted by molar-refractivity contribution is -0.144. The molecule has 1 aliphatic carbocycles. The molecule has 0 aromatic heterocycles. The maximum absolute atomic E-state index is 11.1. The van der Waals surface area contributed by atoms with E-state index in [0.717, 1.165) is 13.1 Å². The van der Waals surface area contributed by atoms with Crippen LogP contribution in [-0.2, 0) is 9.53 Å². The van der Waals surface area contributed by atoms with Crippen LogP contribution in [0, 0.1) is 11.3 Å². The van der Waals surface area contributed by atoms with Gasteiger partial charge >= 0.3 is 5.97 Å². The second-order valence-electron chi connectivity index (χ2n) is 4.81. The number of carbonyl (C=O) groups excluding carboxylic acids is 1. The van der Waals surface area contributed by atoms with Gasteiger partial charge in [-0.2, -0.15) is 0 Å². The fraction of sp³-hybridized carbons (Fsp3) is 0.917. The van der Waals surface area contributed by atoms with E-state index in [1.165, 1.54) is 32.8 Å². The van der Waals surface area contributed by atoms with E-state index >= 15 is 0 Å². The Morgan fingerprint density at radius 1 is 1.53 bits per heavy atom. The molecule has 3 nitrogen and oxygen atoms in total. The molecule has 0 spiro atoms. The standard InChI is InChI=1S/C12H23NO2/c1-4-5-12(6-7-12)9-13-8-10(2)11(14)15-3/h10,13H,4-9H2,1-3H3. The van der Waals surface area contributed by atoms with Gasteiger partial charge in [0.1, 0.15) is 0 Å². The highest BCUT2D eigenvalue weighted by atomic mass is 16.5. The average molecular weight is 213 g/mol. The summed E-state index contributed by atoms with van der Waals surface area (Å²) in [6.07, 6.45) is 5.27. The van der Waals surface area contributed by atoms with E-state index in [1.807, 2.05) is 6.92 Å². The summed E-state index contributed by atoms with van der Waals surface area (Å²) in [7, 11) is 1.44. The predicted molar refractivity (Wildman–Crippen MR) is 60.6 cm³/mol. The number of methoxy groups -OCH3 is 1. The van der Waals surface area contributed by atoms with Crippen molar-refractivity contribution in [2.45, 2.75) is 39.5 Å². The molecule has 0 radical (unpaired) electrons. The molecule has 0 heterocycles. The highest BCUT2D eigenvalue weighted by molar-refractivity contribution is 5.71. The first-order chi connectivity index (χ1) is 7.13. The molecule has 1 atom stereocenters. The molecule has 0 aliphatic heterocycles. The fourth-order valence-electron chi connectivity index (χ4n) is 2.06. The van der Waals surface area contributed by atoms with Crippen LogP contribution in [0.25, 0.3) is 0 Å². The third-order valence-electron chi connectivity index (χ3n) is 3.29. The zero-order valence-corrected chi connectivity index (χ0v) is 10.1. The molecule has 0 aromatic rings. The van der Waals surface area contributed by atoms with Crippen LogP contribution in [0.1, 0.15) is 39.5 Å². The van der Waals surface area contributed by atoms with Gasteiger partial charge in [0.05, 0.1) is 13.0 Å². The maximum atomic E-state index is 11.1. The molecule has 0 saturated heterocycles. The van der Waals surface area contributed by atoms with Crippen LogP contribution < -0.4 is 5.32 Å². The molecule has 1 rings (SSSR count). The van der Waals surface area contributed by atoms with Crippen LogP contribution in [0.4, 0.5) is 0 Å². The van der Waals surface area contributed by atoms with Crippen molar-refractivity contribution in [3.05, 3.63) is 0 Å². The number of esters is 1. The Bertz CT molecular complexity index is 212. The van der Waals surface area contributed by atoms with Crippen molar-refractivity contribution in [3.8, 4) is 0 Å². The van der Waals surface area contributed by atoms with E-state index in [9.17, 15) is 4.79 Å². The molecule has 1 saturated carbocycles. The Morgan fingerprint density at radius 2 is 2.20 bits per heavy atom. The normalized spacial score (nSPS) is 19.7. The van der Waals surface area contributed by atoms with Crippen LogP contribution >= 0.6 is 0 Å². The van der Waals surface area contributed by atoms with Crippen LogP contribution in [0.2, 0.25) is 0 Å². The second kappa shape index (κ2) is 5.50. The molecule has 1 N–H and O–H groups in total. The summed E-state index contributed by atoms with van der Waals surface area (Å²) < 4.78 is 4.68. The third kappa shape index (κ3) is 3.82. The van der Waals surface area contributed by atoms with E-state index in [-0.39, 0.29) is 11.9 Å². The minimum atomic E-state index is -0.122. The molecule has 1 fully saturated rings. The first kappa shape index (κ1) is 12.5. The summed E-state index contributed by atoms with van der Waals surface area (Å²) >= 11 is 0. The monoisotopic (exact) mass is 213 g/mol. The molecular formula is C12H23NO2. The Morgan fingerprint density at radius 3 is 2.67 bits per heavy atom. The summed E-state index contributed by atoms with van der Waals surface area (Å²) in [5.41, 5.74) is 0.560. The number of hydrogen-bond acceptors (Lipinski definition) is 3. The Labute approximate surface area is 92.6 Å². The summed E-state index contributed by atoms with van der Waals surface area (Å²) in [6, 6.07) is 0. The van der Waals surface area contributed by atoms with Crippen LogP contribution in [0.15, 0.2) is 0 Å². The molecule has 1 unspecified atom stereocenters. The van der Waals surface area contributed by atoms with Crippen molar-refractivity contribution in [1.82, 2.24) is 5.32 Å². The van der Waals surface area contributed by atoms with E-state index in [1.54, 1.807) is 0 Å². The van der Waals surface area contributed by atoms with Gasteiger partial charge in [-0.15, -0.1) is 0 Å². The average Bonchev–Trinajstić information content (AvgIpc) is 2.97. The zero-order chi connectivity index (χ0) is 11.3. The van der Waals surface area contributed by atoms with Gasteiger partial charge in [0, 0.05) is 13.1 Å². The first-order valence-electron chi connectivity index (χ1n) is 5.92. The van der Waals surface area contributed by atoms with Crippen molar-refractivity contribution in [1.29, 1.82) is 0 Å². The molecule has 0 bridgehead atoms. The van der Waals surface area contributed by atoms with Gasteiger partial charge in [-0.05, 0) is 24.7 Å². The van der Waals surface area contributed by atoms with Crippen LogP contribution in [0.3, 0.4) is 0 Å². The third-order valence-corrected chi connectivity index (χ3v) is 3.29. The van der Waals surface area contributed by atoms with Crippen molar-refractivity contribution in [2.24, 2.45) is 11.3 Å². The quantitative estimate of drug-likeness (QED) is 0.657. The highest BCUT2D eigenvalue weighted by Gasteiger charge is 2.40. The van der Waals surface area contributed by atoms with Gasteiger partial charge < -0.3 is 10.1 Å². The maximum Gasteiger partial charge on any atom is 0.309 e. The van der Waals surface area contributed by atoms with E-state index in [2.05, 4.69) is 17.0 Å². The molecule has 88 valence electrons. The molecule has 1 aliphatic rings. The molecule has 0 aromatic carbocycles. The van der Waals surface area contributed by atoms with Crippen LogP contribution in [-0.4, -0.2) is 26.2 Å². The lowest BCUT2D eigenvalue weighted by atomic mass is 10.0. The summed E-state index contributed by atoms with van der Waals surface area (Å²) in [6.45, 7) is 5.93. The fourth-order valence-corrected chi connectivity index (χ4v) is 2.06. The summed E-state index contributed by atoms with van der Waals surface area (Å²) in [5, 5.41) is 3.39. The SMILES string of the molecule is CCCC1(CNCC(C)C(=O)OC)CC1. The Hall–Kier alpha value is -0.570. The zero-order valence-electron chi connectivity index (χ0n) is 10.1. The number of nitrogens with one attached hydrogen (secondary N) is 1. The number of carbonyl (C=O) groups is 1. The molecule has 0 amide bonds. The van der Waals surface area contributed by atoms with Crippen molar-refractivity contribution < 1.29 is 9.53 Å². The molecule has 15 heavy (non-hydrogen) atoms. The van der Waals surface area contributed by atoms with Gasteiger partial charge in [0.2, 0.25) is 0 Å². The van der Waals surface area contributed by atoms with Crippen LogP contribution in [0.5, 0.6) is 0 Å². The highest BCUT2D eigenvalue weighted by Crippen LogP contribution is 2.48. The van der Waals surface area contributed by atoms with E-state index in [0.29, 0.717) is 5.41 Å². The summed E-state index contributed by atoms with van der Waals surface area (Å²) in [4.78, 5) is 11.1. The smallest absolute Gasteiger partial charge is 0.309 e. The lowest BCUT2D eigenvalue weighted by Gasteiger charge is -2.16. The number of hydrogen-bond donors (Lipinski definition) is 1. The minimum absolute atomic E-state index is 0.0348. The van der Waals surface area contributed by atoms with Gasteiger partial charge in [-0.1, -0.05) is 20.3 Å². The van der Waals surface area contributed by atoms with Gasteiger partial charge in [-0.3, -0.25) is 4.79 Å². The number of rotatable bonds is 7. The van der Waals surface area contributed by atoms with E-state index < -0.39 is 0 Å². The topological polar surface area (TPSA) is 38.3 Å². The molecule has 3 heteroatoms. The van der Waals surface area contributed by atoms with Gasteiger partial charge in [-0.25, -0.2) is 0 Å². The van der Waals surface area contributed by atoms with Crippen molar-refractivity contribution in [2.75, 3.05) is 20.2 Å². The van der Waals surface area contributed by atoms with Crippen molar-refractivity contribution in [3.63, 3.8) is 0 Å². The van der Waals surface area contributed by atoms with Gasteiger partial charge in [0.25, 0.3) is 0 Å². The minimum Gasteiger partial charge on any atom is -0.469 e. The van der Waals surface area contributed by atoms with E-state index in [4.69, 9.17) is 0 Å². The lowest BCUT2D eigenvalue weighted by Crippen LogP contribution is -2.31.